The van der Waals surface area contributed by atoms with Gasteiger partial charge in [-0.15, -0.1) is 0 Å². The highest BCUT2D eigenvalue weighted by Crippen LogP contribution is 2.46. The third kappa shape index (κ3) is 3.29. The van der Waals surface area contributed by atoms with E-state index in [4.69, 9.17) is 30.5 Å². The zero-order valence-corrected chi connectivity index (χ0v) is 20.1. The number of nitrogens with zero attached hydrogens (tertiary/aromatic N) is 2. The highest BCUT2D eigenvalue weighted by atomic mass is 35.5. The summed E-state index contributed by atoms with van der Waals surface area (Å²) in [5.41, 5.74) is 1.57. The Kier molecular flexibility index (Phi) is 5.01. The predicted octanol–water partition coefficient (Wildman–Crippen LogP) is 5.82. The lowest BCUT2D eigenvalue weighted by Crippen LogP contribution is -2.29. The molecule has 0 N–H and O–H groups in total. The lowest BCUT2D eigenvalue weighted by Gasteiger charge is -2.24. The number of ether oxygens (including phenoxy) is 2. The maximum Gasteiger partial charge on any atom is 0.297 e. The molecule has 9 heteroatoms. The molecule has 0 fully saturated rings. The van der Waals surface area contributed by atoms with Gasteiger partial charge in [-0.05, 0) is 48.5 Å². The van der Waals surface area contributed by atoms with Crippen LogP contribution >= 0.6 is 22.9 Å². The van der Waals surface area contributed by atoms with Gasteiger partial charge in [0.25, 0.3) is 5.91 Å². The van der Waals surface area contributed by atoms with E-state index in [0.717, 1.165) is 4.70 Å². The average molecular weight is 505 g/mol. The molecule has 0 unspecified atom stereocenters. The van der Waals surface area contributed by atoms with Crippen LogP contribution in [0.2, 0.25) is 5.02 Å². The van der Waals surface area contributed by atoms with Gasteiger partial charge in [0, 0.05) is 10.6 Å². The fourth-order valence-corrected chi connectivity index (χ4v) is 5.72. The fourth-order valence-electron chi connectivity index (χ4n) is 4.45. The van der Waals surface area contributed by atoms with Crippen molar-refractivity contribution in [2.45, 2.75) is 6.04 Å². The van der Waals surface area contributed by atoms with Crippen LogP contribution in [0.3, 0.4) is 0 Å². The maximum absolute atomic E-state index is 13.8. The van der Waals surface area contributed by atoms with Gasteiger partial charge in [0.15, 0.2) is 10.6 Å². The number of methoxy groups -OCH3 is 2. The van der Waals surface area contributed by atoms with E-state index < -0.39 is 11.9 Å². The van der Waals surface area contributed by atoms with Crippen LogP contribution < -0.4 is 19.8 Å². The van der Waals surface area contributed by atoms with Crippen molar-refractivity contribution in [2.75, 3.05) is 19.1 Å². The Morgan fingerprint density at radius 3 is 2.66 bits per heavy atom. The molecule has 0 saturated heterocycles. The summed E-state index contributed by atoms with van der Waals surface area (Å²) in [6.07, 6.45) is 0. The van der Waals surface area contributed by atoms with E-state index in [1.54, 1.807) is 67.8 Å². The van der Waals surface area contributed by atoms with Crippen LogP contribution in [0.1, 0.15) is 27.7 Å². The van der Waals surface area contributed by atoms with E-state index in [1.165, 1.54) is 23.3 Å². The van der Waals surface area contributed by atoms with Gasteiger partial charge in [0.1, 0.15) is 23.1 Å². The van der Waals surface area contributed by atoms with Crippen molar-refractivity contribution in [1.29, 1.82) is 0 Å². The molecule has 7 nitrogen and oxygen atoms in total. The number of thiazole rings is 1. The Balaban J connectivity index is 1.67. The van der Waals surface area contributed by atoms with Crippen LogP contribution in [0.5, 0.6) is 11.5 Å². The zero-order chi connectivity index (χ0) is 24.3. The Labute approximate surface area is 208 Å². The molecule has 1 amide bonds. The lowest BCUT2D eigenvalue weighted by atomic mass is 9.97. The zero-order valence-electron chi connectivity index (χ0n) is 18.6. The molecule has 6 rings (SSSR count). The van der Waals surface area contributed by atoms with Crippen LogP contribution in [0.25, 0.3) is 21.2 Å². The quantitative estimate of drug-likeness (QED) is 0.306. The van der Waals surface area contributed by atoms with Crippen LogP contribution in [0, 0.1) is 0 Å². The smallest absolute Gasteiger partial charge is 0.297 e. The van der Waals surface area contributed by atoms with Gasteiger partial charge < -0.3 is 13.9 Å². The first-order valence-electron chi connectivity index (χ1n) is 10.7. The number of fused-ring (bicyclic) bond motifs is 3. The minimum Gasteiger partial charge on any atom is -0.497 e. The summed E-state index contributed by atoms with van der Waals surface area (Å²) in [6.45, 7) is 0. The summed E-state index contributed by atoms with van der Waals surface area (Å²) < 4.78 is 17.9. The number of benzene rings is 3. The van der Waals surface area contributed by atoms with Gasteiger partial charge >= 0.3 is 0 Å². The molecular formula is C26H17ClN2O5S. The number of carbonyl (C=O) groups excluding carboxylic acids is 1. The molecule has 5 aromatic rings. The Bertz CT molecular complexity index is 1710. The normalized spacial score (nSPS) is 15.1. The summed E-state index contributed by atoms with van der Waals surface area (Å²) in [4.78, 5) is 33.8. The van der Waals surface area contributed by atoms with Crippen LogP contribution in [-0.2, 0) is 0 Å². The molecular weight excluding hydrogens is 488 g/mol. The van der Waals surface area contributed by atoms with Crippen molar-refractivity contribution in [3.8, 4) is 11.5 Å². The van der Waals surface area contributed by atoms with Crippen molar-refractivity contribution < 1.29 is 18.7 Å². The highest BCUT2D eigenvalue weighted by molar-refractivity contribution is 7.22. The summed E-state index contributed by atoms with van der Waals surface area (Å²) in [6, 6.07) is 16.7. The molecule has 0 aliphatic carbocycles. The molecule has 1 aliphatic rings. The maximum atomic E-state index is 13.8. The number of anilines is 1. The van der Waals surface area contributed by atoms with Gasteiger partial charge in [0.2, 0.25) is 5.76 Å². The van der Waals surface area contributed by atoms with Crippen molar-refractivity contribution >= 4 is 55.2 Å². The van der Waals surface area contributed by atoms with Gasteiger partial charge in [0.05, 0.1) is 35.4 Å². The second-order valence-corrected chi connectivity index (χ2v) is 9.41. The molecule has 0 spiro atoms. The topological polar surface area (TPSA) is 81.9 Å². The lowest BCUT2D eigenvalue weighted by molar-refractivity contribution is 0.0971. The van der Waals surface area contributed by atoms with E-state index in [9.17, 15) is 9.59 Å². The standard InChI is InChI=1S/C26H17ClN2O5S/c1-32-14-8-10-18(33-2)16(12-14)22-21-23(30)15-5-3-4-6-19(15)34-24(21)25(31)29(22)26-28-17-9-7-13(27)11-20(17)35-26/h3-12,22H,1-2H3/t22-/m1/s1. The SMILES string of the molecule is COc1ccc(OC)c([C@@H]2c3c(oc4ccccc4c3=O)C(=O)N2c2nc3ccc(Cl)cc3s2)c1. The second kappa shape index (κ2) is 8.11. The van der Waals surface area contributed by atoms with E-state index in [-0.39, 0.29) is 16.8 Å². The Hall–Kier alpha value is -3.88. The minimum atomic E-state index is -0.834. The summed E-state index contributed by atoms with van der Waals surface area (Å²) in [5, 5.41) is 1.37. The number of carbonyl (C=O) groups is 1. The molecule has 1 aliphatic heterocycles. The summed E-state index contributed by atoms with van der Waals surface area (Å²) >= 11 is 7.49. The number of amides is 1. The molecule has 3 heterocycles. The highest BCUT2D eigenvalue weighted by Gasteiger charge is 2.46. The largest absolute Gasteiger partial charge is 0.497 e. The average Bonchev–Trinajstić information content (AvgIpc) is 3.41. The number of hydrogen-bond donors (Lipinski definition) is 0. The van der Waals surface area contributed by atoms with Crippen LogP contribution in [-0.4, -0.2) is 25.1 Å². The monoisotopic (exact) mass is 504 g/mol. The molecule has 1 atom stereocenters. The number of aromatic nitrogens is 1. The summed E-state index contributed by atoms with van der Waals surface area (Å²) in [7, 11) is 3.09. The number of rotatable bonds is 4. The van der Waals surface area contributed by atoms with Crippen molar-refractivity contribution in [3.05, 3.63) is 92.8 Å². The van der Waals surface area contributed by atoms with Crippen LogP contribution in [0.4, 0.5) is 5.13 Å². The van der Waals surface area contributed by atoms with E-state index in [2.05, 4.69) is 0 Å². The minimum absolute atomic E-state index is 0.0131. The third-order valence-corrected chi connectivity index (χ3v) is 7.31. The molecule has 0 bridgehead atoms. The number of hydrogen-bond acceptors (Lipinski definition) is 7. The molecule has 174 valence electrons. The molecule has 0 saturated carbocycles. The van der Waals surface area contributed by atoms with Gasteiger partial charge in [-0.2, -0.15) is 0 Å². The first kappa shape index (κ1) is 21.6. The number of para-hydroxylation sites is 1. The van der Waals surface area contributed by atoms with E-state index >= 15 is 0 Å². The van der Waals surface area contributed by atoms with Crippen molar-refractivity contribution in [1.82, 2.24) is 4.98 Å². The van der Waals surface area contributed by atoms with Crippen molar-refractivity contribution in [3.63, 3.8) is 0 Å². The number of halogens is 1. The van der Waals surface area contributed by atoms with Gasteiger partial charge in [-0.25, -0.2) is 4.98 Å². The van der Waals surface area contributed by atoms with E-state index in [0.29, 0.717) is 43.7 Å². The molecule has 3 aromatic carbocycles. The molecule has 2 aromatic heterocycles. The van der Waals surface area contributed by atoms with Gasteiger partial charge in [-0.1, -0.05) is 35.1 Å². The fraction of sp³-hybridized carbons (Fsp3) is 0.115. The summed E-state index contributed by atoms with van der Waals surface area (Å²) in [5.74, 6) is 0.588. The van der Waals surface area contributed by atoms with Gasteiger partial charge in [-0.3, -0.25) is 14.5 Å². The van der Waals surface area contributed by atoms with Crippen LogP contribution in [0.15, 0.2) is 69.9 Å². The molecule has 0 radical (unpaired) electrons. The first-order valence-corrected chi connectivity index (χ1v) is 11.9. The Morgan fingerprint density at radius 1 is 1.03 bits per heavy atom. The third-order valence-electron chi connectivity index (χ3n) is 6.05. The second-order valence-electron chi connectivity index (χ2n) is 7.96. The first-order chi connectivity index (χ1) is 17.0. The Morgan fingerprint density at radius 2 is 1.86 bits per heavy atom. The van der Waals surface area contributed by atoms with Crippen molar-refractivity contribution in [2.24, 2.45) is 0 Å². The van der Waals surface area contributed by atoms with E-state index in [1.807, 2.05) is 0 Å². The predicted molar refractivity (Wildman–Crippen MR) is 135 cm³/mol. The molecule has 35 heavy (non-hydrogen) atoms.